The predicted octanol–water partition coefficient (Wildman–Crippen LogP) is -3.49. The molecule has 1 aromatic rings. The Morgan fingerprint density at radius 3 is 2.47 bits per heavy atom. The number of aromatic nitrogens is 2. The van der Waals surface area contributed by atoms with E-state index in [4.69, 9.17) is 9.84 Å². The van der Waals surface area contributed by atoms with Gasteiger partial charge in [0.25, 0.3) is 5.56 Å². The van der Waals surface area contributed by atoms with E-state index in [0.29, 0.717) is 0 Å². The van der Waals surface area contributed by atoms with E-state index >= 15 is 0 Å². The summed E-state index contributed by atoms with van der Waals surface area (Å²) in [6.45, 7) is -0.598. The van der Waals surface area contributed by atoms with Gasteiger partial charge in [-0.3, -0.25) is 14.3 Å². The summed E-state index contributed by atoms with van der Waals surface area (Å²) < 4.78 is 6.03. The van der Waals surface area contributed by atoms with Crippen LogP contribution in [0.3, 0.4) is 0 Å². The third-order valence-electron chi connectivity index (χ3n) is 2.99. The lowest BCUT2D eigenvalue weighted by atomic mass is 9.98. The summed E-state index contributed by atoms with van der Waals surface area (Å²) >= 11 is 0. The van der Waals surface area contributed by atoms with Gasteiger partial charge in [0.15, 0.2) is 6.23 Å². The molecular formula is C10H14N2O7. The predicted molar refractivity (Wildman–Crippen MR) is 60.3 cm³/mol. The van der Waals surface area contributed by atoms with Crippen LogP contribution in [0.1, 0.15) is 6.23 Å². The topological polar surface area (TPSA) is 145 Å². The second-order valence-corrected chi connectivity index (χ2v) is 4.24. The standard InChI is InChI=1S/C10H14N2O7/c13-3-4-6(15)7(16)8(17)9(19-4)12-2-1-5(14)11-10(12)18/h1-2,4,6-9,13,15-17H,3H2,(H,11,14,18). The first kappa shape index (κ1) is 13.9. The number of nitrogens with one attached hydrogen (secondary N) is 1. The highest BCUT2D eigenvalue weighted by atomic mass is 16.6. The van der Waals surface area contributed by atoms with Crippen molar-refractivity contribution >= 4 is 0 Å². The molecule has 19 heavy (non-hydrogen) atoms. The molecule has 106 valence electrons. The normalized spacial score (nSPS) is 35.3. The minimum atomic E-state index is -1.59. The Morgan fingerprint density at radius 1 is 1.21 bits per heavy atom. The van der Waals surface area contributed by atoms with Gasteiger partial charge in [-0.05, 0) is 0 Å². The smallest absolute Gasteiger partial charge is 0.330 e. The van der Waals surface area contributed by atoms with E-state index in [1.54, 1.807) is 0 Å². The van der Waals surface area contributed by atoms with E-state index in [2.05, 4.69) is 0 Å². The van der Waals surface area contributed by atoms with Gasteiger partial charge in [0.2, 0.25) is 0 Å². The van der Waals surface area contributed by atoms with Crippen molar-refractivity contribution < 1.29 is 25.2 Å². The van der Waals surface area contributed by atoms with Gasteiger partial charge in [0.05, 0.1) is 6.61 Å². The molecule has 0 spiro atoms. The van der Waals surface area contributed by atoms with Gasteiger partial charge in [0.1, 0.15) is 24.4 Å². The molecule has 1 aliphatic rings. The molecule has 0 radical (unpaired) electrons. The average Bonchev–Trinajstić information content (AvgIpc) is 2.38. The zero-order chi connectivity index (χ0) is 14.2. The minimum Gasteiger partial charge on any atom is -0.394 e. The van der Waals surface area contributed by atoms with E-state index in [0.717, 1.165) is 16.8 Å². The number of hydrogen-bond donors (Lipinski definition) is 5. The molecule has 1 fully saturated rings. The maximum atomic E-state index is 11.6. The summed E-state index contributed by atoms with van der Waals surface area (Å²) in [6, 6.07) is 1.04. The summed E-state index contributed by atoms with van der Waals surface area (Å²) in [7, 11) is 0. The number of rotatable bonds is 2. The van der Waals surface area contributed by atoms with E-state index in [9.17, 15) is 24.9 Å². The van der Waals surface area contributed by atoms with Crippen molar-refractivity contribution in [2.45, 2.75) is 30.6 Å². The van der Waals surface area contributed by atoms with Crippen molar-refractivity contribution in [2.75, 3.05) is 6.61 Å². The first-order valence-corrected chi connectivity index (χ1v) is 5.57. The van der Waals surface area contributed by atoms with Gasteiger partial charge in [-0.2, -0.15) is 0 Å². The quantitative estimate of drug-likeness (QED) is 0.376. The van der Waals surface area contributed by atoms with E-state index in [-0.39, 0.29) is 0 Å². The fourth-order valence-electron chi connectivity index (χ4n) is 1.94. The molecule has 0 bridgehead atoms. The van der Waals surface area contributed by atoms with Gasteiger partial charge >= 0.3 is 5.69 Å². The van der Waals surface area contributed by atoms with Crippen LogP contribution in [-0.4, -0.2) is 61.0 Å². The Bertz CT molecular complexity index is 551. The van der Waals surface area contributed by atoms with Crippen molar-refractivity contribution in [2.24, 2.45) is 0 Å². The zero-order valence-corrected chi connectivity index (χ0v) is 9.71. The Balaban J connectivity index is 2.38. The number of ether oxygens (including phenoxy) is 1. The molecule has 0 amide bonds. The Hall–Kier alpha value is -1.52. The molecule has 0 aliphatic carbocycles. The van der Waals surface area contributed by atoms with Crippen LogP contribution in [-0.2, 0) is 4.74 Å². The molecule has 5 unspecified atom stereocenters. The van der Waals surface area contributed by atoms with Crippen molar-refractivity contribution in [3.8, 4) is 0 Å². The Morgan fingerprint density at radius 2 is 1.89 bits per heavy atom. The number of H-pyrrole nitrogens is 1. The second kappa shape index (κ2) is 5.23. The fraction of sp³-hybridized carbons (Fsp3) is 0.600. The zero-order valence-electron chi connectivity index (χ0n) is 9.71. The first-order chi connectivity index (χ1) is 8.95. The molecule has 2 heterocycles. The summed E-state index contributed by atoms with van der Waals surface area (Å²) in [5, 5.41) is 38.0. The third-order valence-corrected chi connectivity index (χ3v) is 2.99. The maximum absolute atomic E-state index is 11.6. The number of aliphatic hydroxyl groups excluding tert-OH is 4. The van der Waals surface area contributed by atoms with Gasteiger partial charge in [0, 0.05) is 12.3 Å². The van der Waals surface area contributed by atoms with Gasteiger partial charge in [-0.25, -0.2) is 4.79 Å². The number of aliphatic hydroxyl groups is 4. The highest BCUT2D eigenvalue weighted by molar-refractivity contribution is 4.93. The lowest BCUT2D eigenvalue weighted by molar-refractivity contribution is -0.252. The monoisotopic (exact) mass is 274 g/mol. The maximum Gasteiger partial charge on any atom is 0.330 e. The lowest BCUT2D eigenvalue weighted by Gasteiger charge is -2.40. The molecule has 1 saturated heterocycles. The van der Waals surface area contributed by atoms with Crippen LogP contribution in [0.15, 0.2) is 21.9 Å². The van der Waals surface area contributed by atoms with Gasteiger partial charge < -0.3 is 25.2 Å². The minimum absolute atomic E-state index is 0.598. The van der Waals surface area contributed by atoms with Gasteiger partial charge in [-0.1, -0.05) is 0 Å². The van der Waals surface area contributed by atoms with E-state index < -0.39 is 48.5 Å². The van der Waals surface area contributed by atoms with Crippen LogP contribution < -0.4 is 11.2 Å². The average molecular weight is 274 g/mol. The number of aromatic amines is 1. The molecule has 0 saturated carbocycles. The molecule has 2 rings (SSSR count). The van der Waals surface area contributed by atoms with Crippen molar-refractivity contribution in [1.29, 1.82) is 0 Å². The van der Waals surface area contributed by atoms with Crippen LogP contribution in [0.25, 0.3) is 0 Å². The van der Waals surface area contributed by atoms with E-state index in [1.165, 1.54) is 0 Å². The Kier molecular flexibility index (Phi) is 3.83. The first-order valence-electron chi connectivity index (χ1n) is 5.57. The molecule has 1 aromatic heterocycles. The largest absolute Gasteiger partial charge is 0.394 e. The van der Waals surface area contributed by atoms with Crippen LogP contribution >= 0.6 is 0 Å². The third kappa shape index (κ3) is 2.46. The highest BCUT2D eigenvalue weighted by Gasteiger charge is 2.44. The van der Waals surface area contributed by atoms with Crippen molar-refractivity contribution in [1.82, 2.24) is 9.55 Å². The number of nitrogens with zero attached hydrogens (tertiary/aromatic N) is 1. The van der Waals surface area contributed by atoms with Crippen molar-refractivity contribution in [3.63, 3.8) is 0 Å². The van der Waals surface area contributed by atoms with Gasteiger partial charge in [-0.15, -0.1) is 0 Å². The molecule has 9 nitrogen and oxygen atoms in total. The summed E-state index contributed by atoms with van der Waals surface area (Å²) in [6.07, 6.45) is -6.03. The van der Waals surface area contributed by atoms with Crippen LogP contribution in [0, 0.1) is 0 Å². The molecule has 5 atom stereocenters. The van der Waals surface area contributed by atoms with Crippen LogP contribution in [0.5, 0.6) is 0 Å². The Labute approximate surface area is 106 Å². The molecule has 0 aromatic carbocycles. The molecule has 5 N–H and O–H groups in total. The summed E-state index contributed by atoms with van der Waals surface area (Å²) in [5.74, 6) is 0. The lowest BCUT2D eigenvalue weighted by Crippen LogP contribution is -2.57. The SMILES string of the molecule is O=c1ccn(C2OC(CO)C(O)C(O)C2O)c(=O)[nH]1. The fourth-order valence-corrected chi connectivity index (χ4v) is 1.94. The molecular weight excluding hydrogens is 260 g/mol. The molecule has 1 aliphatic heterocycles. The highest BCUT2D eigenvalue weighted by Crippen LogP contribution is 2.26. The summed E-state index contributed by atoms with van der Waals surface area (Å²) in [5.41, 5.74) is -1.46. The van der Waals surface area contributed by atoms with Crippen LogP contribution in [0.4, 0.5) is 0 Å². The van der Waals surface area contributed by atoms with Crippen LogP contribution in [0.2, 0.25) is 0 Å². The van der Waals surface area contributed by atoms with Crippen molar-refractivity contribution in [3.05, 3.63) is 33.1 Å². The summed E-state index contributed by atoms with van der Waals surface area (Å²) in [4.78, 5) is 24.5. The second-order valence-electron chi connectivity index (χ2n) is 4.24. The van der Waals surface area contributed by atoms with E-state index in [1.807, 2.05) is 4.98 Å². The molecule has 9 heteroatoms. The number of hydrogen-bond acceptors (Lipinski definition) is 7.